The van der Waals surface area contributed by atoms with Crippen molar-refractivity contribution < 1.29 is 19.4 Å². The number of nitrogens with zero attached hydrogens (tertiary/aromatic N) is 1. The molecule has 14 heavy (non-hydrogen) atoms. The molecule has 1 rings (SSSR count). The number of ether oxygens (including phenoxy) is 1. The molecule has 1 heterocycles. The van der Waals surface area contributed by atoms with Crippen molar-refractivity contribution >= 4 is 11.9 Å². The monoisotopic (exact) mass is 201 g/mol. The number of carbonyl (C=O) groups excluding carboxylic acids is 1. The largest absolute Gasteiger partial charge is 0.479 e. The van der Waals surface area contributed by atoms with E-state index in [1.54, 1.807) is 0 Å². The van der Waals surface area contributed by atoms with Gasteiger partial charge in [-0.3, -0.25) is 4.79 Å². The molecule has 0 radical (unpaired) electrons. The lowest BCUT2D eigenvalue weighted by Crippen LogP contribution is -2.56. The number of amides is 1. The molecule has 80 valence electrons. The van der Waals surface area contributed by atoms with Gasteiger partial charge in [0, 0.05) is 20.1 Å². The zero-order valence-corrected chi connectivity index (χ0v) is 8.45. The maximum Gasteiger partial charge on any atom is 0.331 e. The van der Waals surface area contributed by atoms with E-state index < -0.39 is 11.5 Å². The van der Waals surface area contributed by atoms with Gasteiger partial charge in [-0.25, -0.2) is 4.79 Å². The predicted octanol–water partition coefficient (Wildman–Crippen LogP) is 0.0985. The quantitative estimate of drug-likeness (QED) is 0.700. The van der Waals surface area contributed by atoms with Gasteiger partial charge in [-0.15, -0.1) is 0 Å². The smallest absolute Gasteiger partial charge is 0.331 e. The summed E-state index contributed by atoms with van der Waals surface area (Å²) < 4.78 is 4.85. The highest BCUT2D eigenvalue weighted by Gasteiger charge is 2.44. The van der Waals surface area contributed by atoms with Crippen LogP contribution in [0.3, 0.4) is 0 Å². The summed E-state index contributed by atoms with van der Waals surface area (Å²) in [6.07, 6.45) is 1.16. The highest BCUT2D eigenvalue weighted by Crippen LogP contribution is 2.23. The van der Waals surface area contributed by atoms with E-state index in [-0.39, 0.29) is 12.5 Å². The van der Waals surface area contributed by atoms with Gasteiger partial charge in [-0.1, -0.05) is 0 Å². The summed E-state index contributed by atoms with van der Waals surface area (Å²) in [6.45, 7) is 2.04. The summed E-state index contributed by atoms with van der Waals surface area (Å²) in [7, 11) is 1.43. The second kappa shape index (κ2) is 3.96. The fourth-order valence-corrected chi connectivity index (χ4v) is 1.71. The number of aliphatic carboxylic acids is 1. The molecule has 0 bridgehead atoms. The van der Waals surface area contributed by atoms with Gasteiger partial charge in [0.15, 0.2) is 5.54 Å². The Morgan fingerprint density at radius 2 is 2.36 bits per heavy atom. The van der Waals surface area contributed by atoms with Gasteiger partial charge in [0.1, 0.15) is 0 Å². The number of carboxylic acids is 1. The fourth-order valence-electron chi connectivity index (χ4n) is 1.71. The van der Waals surface area contributed by atoms with E-state index in [9.17, 15) is 9.59 Å². The van der Waals surface area contributed by atoms with Crippen molar-refractivity contribution in [2.45, 2.75) is 25.3 Å². The lowest BCUT2D eigenvalue weighted by Gasteiger charge is -2.34. The van der Waals surface area contributed by atoms with Crippen LogP contribution in [-0.4, -0.2) is 47.7 Å². The second-order valence-electron chi connectivity index (χ2n) is 3.66. The third kappa shape index (κ3) is 1.72. The highest BCUT2D eigenvalue weighted by molar-refractivity contribution is 5.88. The van der Waals surface area contributed by atoms with Crippen LogP contribution in [0.15, 0.2) is 0 Å². The van der Waals surface area contributed by atoms with Crippen LogP contribution in [-0.2, 0) is 14.3 Å². The van der Waals surface area contributed by atoms with Crippen molar-refractivity contribution in [2.24, 2.45) is 0 Å². The zero-order chi connectivity index (χ0) is 10.8. The van der Waals surface area contributed by atoms with Crippen molar-refractivity contribution in [1.29, 1.82) is 0 Å². The summed E-state index contributed by atoms with van der Waals surface area (Å²) in [5, 5.41) is 9.07. The maximum atomic E-state index is 11.4. The van der Waals surface area contributed by atoms with Gasteiger partial charge in [0.25, 0.3) is 0 Å². The summed E-state index contributed by atoms with van der Waals surface area (Å²) in [5.41, 5.74) is -1.22. The minimum absolute atomic E-state index is 0.0219. The Morgan fingerprint density at radius 1 is 1.71 bits per heavy atom. The van der Waals surface area contributed by atoms with Crippen molar-refractivity contribution in [1.82, 2.24) is 4.90 Å². The van der Waals surface area contributed by atoms with Crippen LogP contribution in [0.25, 0.3) is 0 Å². The molecule has 1 unspecified atom stereocenters. The third-order valence-corrected chi connectivity index (χ3v) is 2.56. The SMILES string of the molecule is COCC(C)(C(=O)O)N1CCCC1=O. The van der Waals surface area contributed by atoms with Crippen LogP contribution in [0.5, 0.6) is 0 Å². The predicted molar refractivity (Wildman–Crippen MR) is 48.9 cm³/mol. The third-order valence-electron chi connectivity index (χ3n) is 2.56. The van der Waals surface area contributed by atoms with Gasteiger partial charge in [-0.05, 0) is 13.3 Å². The van der Waals surface area contributed by atoms with Crippen LogP contribution >= 0.6 is 0 Å². The first-order valence-corrected chi connectivity index (χ1v) is 4.55. The number of carbonyl (C=O) groups is 2. The normalized spacial score (nSPS) is 21.0. The Hall–Kier alpha value is -1.10. The van der Waals surface area contributed by atoms with Crippen LogP contribution < -0.4 is 0 Å². The van der Waals surface area contributed by atoms with Gasteiger partial charge < -0.3 is 14.7 Å². The van der Waals surface area contributed by atoms with Crippen LogP contribution in [0.1, 0.15) is 19.8 Å². The molecule has 1 atom stereocenters. The minimum Gasteiger partial charge on any atom is -0.479 e. The molecule has 0 aromatic heterocycles. The Balaban J connectivity index is 2.86. The number of methoxy groups -OCH3 is 1. The molecule has 1 amide bonds. The van der Waals surface area contributed by atoms with Gasteiger partial charge in [-0.2, -0.15) is 0 Å². The molecule has 0 aliphatic carbocycles. The summed E-state index contributed by atoms with van der Waals surface area (Å²) in [5.74, 6) is -1.12. The van der Waals surface area contributed by atoms with Crippen molar-refractivity contribution in [2.75, 3.05) is 20.3 Å². The van der Waals surface area contributed by atoms with Crippen LogP contribution in [0.4, 0.5) is 0 Å². The summed E-state index contributed by atoms with van der Waals surface area (Å²) in [6, 6.07) is 0. The Labute approximate surface area is 82.6 Å². The highest BCUT2D eigenvalue weighted by atomic mass is 16.5. The van der Waals surface area contributed by atoms with E-state index in [0.717, 1.165) is 6.42 Å². The molecule has 5 nitrogen and oxygen atoms in total. The lowest BCUT2D eigenvalue weighted by atomic mass is 10.0. The molecule has 1 N–H and O–H groups in total. The minimum atomic E-state index is -1.22. The molecule has 1 fully saturated rings. The lowest BCUT2D eigenvalue weighted by molar-refractivity contribution is -0.159. The van der Waals surface area contributed by atoms with Crippen molar-refractivity contribution in [3.05, 3.63) is 0 Å². The van der Waals surface area contributed by atoms with Crippen molar-refractivity contribution in [3.63, 3.8) is 0 Å². The summed E-state index contributed by atoms with van der Waals surface area (Å²) in [4.78, 5) is 23.9. The van der Waals surface area contributed by atoms with E-state index in [1.165, 1.54) is 18.9 Å². The van der Waals surface area contributed by atoms with Crippen LogP contribution in [0, 0.1) is 0 Å². The van der Waals surface area contributed by atoms with Crippen molar-refractivity contribution in [3.8, 4) is 0 Å². The molecular weight excluding hydrogens is 186 g/mol. The molecule has 0 aromatic rings. The molecule has 1 saturated heterocycles. The van der Waals surface area contributed by atoms with Gasteiger partial charge in [0.2, 0.25) is 5.91 Å². The first kappa shape index (κ1) is 11.0. The fraction of sp³-hybridized carbons (Fsp3) is 0.778. The molecular formula is C9H15NO4. The number of likely N-dealkylation sites (tertiary alicyclic amines) is 1. The number of hydrogen-bond acceptors (Lipinski definition) is 3. The molecule has 5 heteroatoms. The topological polar surface area (TPSA) is 66.8 Å². The molecule has 0 saturated carbocycles. The average molecular weight is 201 g/mol. The van der Waals surface area contributed by atoms with E-state index in [4.69, 9.17) is 9.84 Å². The standard InChI is InChI=1S/C9H15NO4/c1-9(6-14-2,8(12)13)10-5-3-4-7(10)11/h3-6H2,1-2H3,(H,12,13). The van der Waals surface area contributed by atoms with E-state index in [0.29, 0.717) is 13.0 Å². The molecule has 0 aromatic carbocycles. The molecule has 1 aliphatic rings. The summed E-state index contributed by atoms with van der Waals surface area (Å²) >= 11 is 0. The Bertz CT molecular complexity index is 253. The van der Waals surface area contributed by atoms with Gasteiger partial charge >= 0.3 is 5.97 Å². The Kier molecular flexibility index (Phi) is 3.10. The van der Waals surface area contributed by atoms with E-state index >= 15 is 0 Å². The second-order valence-corrected chi connectivity index (χ2v) is 3.66. The molecule has 0 spiro atoms. The maximum absolute atomic E-state index is 11.4. The zero-order valence-electron chi connectivity index (χ0n) is 8.45. The number of hydrogen-bond donors (Lipinski definition) is 1. The first-order chi connectivity index (χ1) is 6.52. The molecule has 1 aliphatic heterocycles. The number of rotatable bonds is 4. The van der Waals surface area contributed by atoms with E-state index in [2.05, 4.69) is 0 Å². The Morgan fingerprint density at radius 3 is 2.71 bits per heavy atom. The van der Waals surface area contributed by atoms with Crippen LogP contribution in [0.2, 0.25) is 0 Å². The van der Waals surface area contributed by atoms with Gasteiger partial charge in [0.05, 0.1) is 6.61 Å². The number of carboxylic acid groups (broad SMARTS) is 1. The van der Waals surface area contributed by atoms with E-state index in [1.807, 2.05) is 0 Å². The first-order valence-electron chi connectivity index (χ1n) is 4.55. The average Bonchev–Trinajstić information content (AvgIpc) is 2.51.